The summed E-state index contributed by atoms with van der Waals surface area (Å²) in [5.74, 6) is 1.95. The first kappa shape index (κ1) is 11.9. The highest BCUT2D eigenvalue weighted by atomic mass is 16.7. The average molecular weight is 286 g/mol. The second-order valence-electron chi connectivity index (χ2n) is 5.69. The van der Waals surface area contributed by atoms with Crippen LogP contribution in [0.1, 0.15) is 22.6 Å². The van der Waals surface area contributed by atoms with E-state index >= 15 is 0 Å². The van der Waals surface area contributed by atoms with Gasteiger partial charge in [-0.05, 0) is 28.3 Å². The number of benzene rings is 3. The lowest BCUT2D eigenvalue weighted by Crippen LogP contribution is -2.01. The molecule has 1 aliphatic carbocycles. The standard InChI is InChI=1S/C20H14O2/c1-3-8-15-13(6-1)14-7-2-4-9-16(14)19(15)17-10-5-11-18-20(17)22-12-21-18/h1-11,19H,12H2. The molecule has 2 nitrogen and oxygen atoms in total. The van der Waals surface area contributed by atoms with Crippen LogP contribution in [-0.2, 0) is 0 Å². The van der Waals surface area contributed by atoms with Gasteiger partial charge >= 0.3 is 0 Å². The zero-order valence-corrected chi connectivity index (χ0v) is 12.0. The van der Waals surface area contributed by atoms with E-state index in [0.29, 0.717) is 6.79 Å². The van der Waals surface area contributed by atoms with Gasteiger partial charge in [-0.15, -0.1) is 0 Å². The largest absolute Gasteiger partial charge is 0.454 e. The fourth-order valence-corrected chi connectivity index (χ4v) is 3.67. The predicted molar refractivity (Wildman–Crippen MR) is 85.4 cm³/mol. The average Bonchev–Trinajstić information content (AvgIpc) is 3.17. The van der Waals surface area contributed by atoms with Crippen molar-refractivity contribution >= 4 is 0 Å². The van der Waals surface area contributed by atoms with Gasteiger partial charge in [-0.3, -0.25) is 0 Å². The third-order valence-electron chi connectivity index (χ3n) is 4.57. The summed E-state index contributed by atoms with van der Waals surface area (Å²) in [6.45, 7) is 0.308. The highest BCUT2D eigenvalue weighted by molar-refractivity contribution is 5.81. The molecule has 0 bridgehead atoms. The molecule has 0 saturated heterocycles. The fourth-order valence-electron chi connectivity index (χ4n) is 3.67. The molecule has 1 aliphatic heterocycles. The number of ether oxygens (including phenoxy) is 2. The Morgan fingerprint density at radius 3 is 2.00 bits per heavy atom. The molecule has 0 aromatic heterocycles. The Hall–Kier alpha value is -2.74. The van der Waals surface area contributed by atoms with Gasteiger partial charge in [-0.2, -0.15) is 0 Å². The zero-order valence-electron chi connectivity index (χ0n) is 12.0. The Bertz CT molecular complexity index is 837. The summed E-state index contributed by atoms with van der Waals surface area (Å²) in [4.78, 5) is 0. The quantitative estimate of drug-likeness (QED) is 0.510. The minimum absolute atomic E-state index is 0.212. The lowest BCUT2D eigenvalue weighted by Gasteiger charge is -2.16. The number of fused-ring (bicyclic) bond motifs is 4. The maximum atomic E-state index is 5.75. The molecule has 0 amide bonds. The number of para-hydroxylation sites is 1. The summed E-state index contributed by atoms with van der Waals surface area (Å²) in [6, 6.07) is 23.4. The molecular formula is C20H14O2. The van der Waals surface area contributed by atoms with E-state index in [4.69, 9.17) is 9.47 Å². The Balaban J connectivity index is 1.81. The second-order valence-corrected chi connectivity index (χ2v) is 5.69. The maximum absolute atomic E-state index is 5.75. The van der Waals surface area contributed by atoms with Crippen LogP contribution >= 0.6 is 0 Å². The van der Waals surface area contributed by atoms with Crippen molar-refractivity contribution in [3.63, 3.8) is 0 Å². The van der Waals surface area contributed by atoms with Crippen LogP contribution in [0.25, 0.3) is 11.1 Å². The third kappa shape index (κ3) is 1.49. The summed E-state index contributed by atoms with van der Waals surface area (Å²) in [6.07, 6.45) is 0. The summed E-state index contributed by atoms with van der Waals surface area (Å²) < 4.78 is 11.3. The van der Waals surface area contributed by atoms with Crippen molar-refractivity contribution < 1.29 is 9.47 Å². The molecule has 0 saturated carbocycles. The Morgan fingerprint density at radius 2 is 1.27 bits per heavy atom. The maximum Gasteiger partial charge on any atom is 0.231 e. The van der Waals surface area contributed by atoms with Crippen LogP contribution in [0.15, 0.2) is 66.7 Å². The van der Waals surface area contributed by atoms with Gasteiger partial charge in [0, 0.05) is 11.5 Å². The number of hydrogen-bond donors (Lipinski definition) is 0. The lowest BCUT2D eigenvalue weighted by molar-refractivity contribution is 0.173. The van der Waals surface area contributed by atoms with Crippen LogP contribution in [0.4, 0.5) is 0 Å². The van der Waals surface area contributed by atoms with Crippen molar-refractivity contribution in [2.24, 2.45) is 0 Å². The van der Waals surface area contributed by atoms with Gasteiger partial charge in [-0.25, -0.2) is 0 Å². The number of hydrogen-bond acceptors (Lipinski definition) is 2. The van der Waals surface area contributed by atoms with Gasteiger partial charge in [0.2, 0.25) is 6.79 Å². The minimum atomic E-state index is 0.212. The summed E-state index contributed by atoms with van der Waals surface area (Å²) in [5.41, 5.74) is 6.51. The van der Waals surface area contributed by atoms with E-state index in [-0.39, 0.29) is 5.92 Å². The molecule has 0 atom stereocenters. The van der Waals surface area contributed by atoms with E-state index in [9.17, 15) is 0 Å². The van der Waals surface area contributed by atoms with Gasteiger partial charge in [-0.1, -0.05) is 60.7 Å². The van der Waals surface area contributed by atoms with Crippen molar-refractivity contribution in [1.29, 1.82) is 0 Å². The normalized spacial score (nSPS) is 14.7. The van der Waals surface area contributed by atoms with E-state index in [1.807, 2.05) is 12.1 Å². The highest BCUT2D eigenvalue weighted by Gasteiger charge is 2.33. The molecule has 0 N–H and O–H groups in total. The SMILES string of the molecule is c1ccc2c(c1)-c1ccccc1C2c1cccc2c1OCO2. The first-order valence-electron chi connectivity index (χ1n) is 7.50. The zero-order chi connectivity index (χ0) is 14.5. The predicted octanol–water partition coefficient (Wildman–Crippen LogP) is 4.58. The van der Waals surface area contributed by atoms with Crippen LogP contribution < -0.4 is 9.47 Å². The van der Waals surface area contributed by atoms with E-state index in [0.717, 1.165) is 11.5 Å². The second kappa shape index (κ2) is 4.38. The van der Waals surface area contributed by atoms with Crippen LogP contribution in [-0.4, -0.2) is 6.79 Å². The van der Waals surface area contributed by atoms with E-state index in [1.165, 1.54) is 27.8 Å². The molecule has 0 fully saturated rings. The van der Waals surface area contributed by atoms with Crippen molar-refractivity contribution in [3.05, 3.63) is 83.4 Å². The molecule has 2 heteroatoms. The third-order valence-corrected chi connectivity index (χ3v) is 4.57. The molecular weight excluding hydrogens is 272 g/mol. The monoisotopic (exact) mass is 286 g/mol. The molecule has 0 unspecified atom stereocenters. The van der Waals surface area contributed by atoms with Crippen molar-refractivity contribution in [2.75, 3.05) is 6.79 Å². The smallest absolute Gasteiger partial charge is 0.231 e. The molecule has 1 heterocycles. The van der Waals surface area contributed by atoms with Crippen LogP contribution in [0, 0.1) is 0 Å². The van der Waals surface area contributed by atoms with Crippen LogP contribution in [0.2, 0.25) is 0 Å². The molecule has 2 aliphatic rings. The van der Waals surface area contributed by atoms with Gasteiger partial charge in [0.25, 0.3) is 0 Å². The first-order chi connectivity index (χ1) is 10.9. The van der Waals surface area contributed by atoms with E-state index in [1.54, 1.807) is 0 Å². The van der Waals surface area contributed by atoms with Gasteiger partial charge in [0.05, 0.1) is 0 Å². The molecule has 0 radical (unpaired) electrons. The Kier molecular flexibility index (Phi) is 2.36. The van der Waals surface area contributed by atoms with E-state index in [2.05, 4.69) is 54.6 Å². The van der Waals surface area contributed by atoms with Crippen molar-refractivity contribution in [1.82, 2.24) is 0 Å². The van der Waals surface area contributed by atoms with Crippen LogP contribution in [0.5, 0.6) is 11.5 Å². The Labute approximate surface area is 128 Å². The topological polar surface area (TPSA) is 18.5 Å². The summed E-state index contributed by atoms with van der Waals surface area (Å²) in [5, 5.41) is 0. The lowest BCUT2D eigenvalue weighted by atomic mass is 9.88. The van der Waals surface area contributed by atoms with Crippen molar-refractivity contribution in [2.45, 2.75) is 5.92 Å². The molecule has 3 aromatic rings. The fraction of sp³-hybridized carbons (Fsp3) is 0.100. The van der Waals surface area contributed by atoms with Gasteiger partial charge in [0.1, 0.15) is 0 Å². The van der Waals surface area contributed by atoms with E-state index < -0.39 is 0 Å². The minimum Gasteiger partial charge on any atom is -0.454 e. The number of rotatable bonds is 1. The first-order valence-corrected chi connectivity index (χ1v) is 7.50. The van der Waals surface area contributed by atoms with Gasteiger partial charge in [0.15, 0.2) is 11.5 Å². The molecule has 5 rings (SSSR count). The molecule has 106 valence electrons. The van der Waals surface area contributed by atoms with Gasteiger partial charge < -0.3 is 9.47 Å². The highest BCUT2D eigenvalue weighted by Crippen LogP contribution is 2.51. The van der Waals surface area contributed by atoms with Crippen LogP contribution in [0.3, 0.4) is 0 Å². The molecule has 22 heavy (non-hydrogen) atoms. The molecule has 0 spiro atoms. The summed E-state index contributed by atoms with van der Waals surface area (Å²) >= 11 is 0. The summed E-state index contributed by atoms with van der Waals surface area (Å²) in [7, 11) is 0. The van der Waals surface area contributed by atoms with Crippen molar-refractivity contribution in [3.8, 4) is 22.6 Å². The molecule has 3 aromatic carbocycles. The Morgan fingerprint density at radius 1 is 0.636 bits per heavy atom.